The number of nitrogens with zero attached hydrogens (tertiary/aromatic N) is 1. The molecular weight excluding hydrogens is 344 g/mol. The second kappa shape index (κ2) is 9.83. The first-order valence-electron chi connectivity index (χ1n) is 8.80. The quantitative estimate of drug-likeness (QED) is 0.733. The molecule has 6 heteroatoms. The zero-order valence-electron chi connectivity index (χ0n) is 16.6. The molecule has 0 saturated carbocycles. The van der Waals surface area contributed by atoms with E-state index in [1.165, 1.54) is 0 Å². The third-order valence-corrected chi connectivity index (χ3v) is 4.57. The van der Waals surface area contributed by atoms with Crippen molar-refractivity contribution in [2.75, 3.05) is 28.4 Å². The van der Waals surface area contributed by atoms with E-state index in [1.54, 1.807) is 21.3 Å². The minimum absolute atomic E-state index is 0.0322. The Balaban J connectivity index is 1.95. The van der Waals surface area contributed by atoms with Gasteiger partial charge in [0.2, 0.25) is 5.91 Å². The molecular formula is C21H28N2O4. The molecule has 0 aliphatic heterocycles. The highest BCUT2D eigenvalue weighted by atomic mass is 16.5. The molecule has 27 heavy (non-hydrogen) atoms. The fraction of sp³-hybridized carbons (Fsp3) is 0.381. The number of carbonyl (C=O) groups is 1. The molecule has 2 aromatic rings. The summed E-state index contributed by atoms with van der Waals surface area (Å²) in [5.41, 5.74) is 1.99. The summed E-state index contributed by atoms with van der Waals surface area (Å²) in [7, 11) is 6.77. The SMILES string of the molecule is COc1ccc(CNC(=O)[C@@H](C)N(C)Cc2cccc(OC)c2OC)cc1. The third kappa shape index (κ3) is 5.37. The van der Waals surface area contributed by atoms with Crippen LogP contribution in [0.2, 0.25) is 0 Å². The van der Waals surface area contributed by atoms with Crippen molar-refractivity contribution in [2.24, 2.45) is 0 Å². The number of carbonyl (C=O) groups excluding carboxylic acids is 1. The summed E-state index contributed by atoms with van der Waals surface area (Å²) in [6.45, 7) is 2.93. The summed E-state index contributed by atoms with van der Waals surface area (Å²) < 4.78 is 16.0. The van der Waals surface area contributed by atoms with Gasteiger partial charge in [-0.15, -0.1) is 0 Å². The average molecular weight is 372 g/mol. The number of likely N-dealkylation sites (N-methyl/N-ethyl adjacent to an activating group) is 1. The van der Waals surface area contributed by atoms with E-state index in [0.29, 0.717) is 24.6 Å². The summed E-state index contributed by atoms with van der Waals surface area (Å²) in [5.74, 6) is 2.14. The number of nitrogens with one attached hydrogen (secondary N) is 1. The van der Waals surface area contributed by atoms with Crippen LogP contribution in [0, 0.1) is 0 Å². The van der Waals surface area contributed by atoms with Gasteiger partial charge in [-0.2, -0.15) is 0 Å². The van der Waals surface area contributed by atoms with Crippen LogP contribution in [0.1, 0.15) is 18.1 Å². The summed E-state index contributed by atoms with van der Waals surface area (Å²) in [4.78, 5) is 14.5. The lowest BCUT2D eigenvalue weighted by Gasteiger charge is -2.25. The summed E-state index contributed by atoms with van der Waals surface area (Å²) in [6.07, 6.45) is 0. The number of methoxy groups -OCH3 is 3. The molecule has 0 aliphatic rings. The fourth-order valence-corrected chi connectivity index (χ4v) is 2.76. The van der Waals surface area contributed by atoms with Crippen molar-refractivity contribution in [3.8, 4) is 17.2 Å². The molecule has 6 nitrogen and oxygen atoms in total. The van der Waals surface area contributed by atoms with Gasteiger partial charge in [0.05, 0.1) is 27.4 Å². The molecule has 0 saturated heterocycles. The molecule has 0 heterocycles. The first kappa shape index (κ1) is 20.6. The molecule has 2 aromatic carbocycles. The molecule has 146 valence electrons. The largest absolute Gasteiger partial charge is 0.497 e. The maximum Gasteiger partial charge on any atom is 0.237 e. The molecule has 0 radical (unpaired) electrons. The van der Waals surface area contributed by atoms with Crippen molar-refractivity contribution in [1.82, 2.24) is 10.2 Å². The molecule has 0 aromatic heterocycles. The summed E-state index contributed by atoms with van der Waals surface area (Å²) in [6, 6.07) is 13.1. The normalized spacial score (nSPS) is 11.8. The van der Waals surface area contributed by atoms with Crippen LogP contribution in [0.15, 0.2) is 42.5 Å². The Morgan fingerprint density at radius 3 is 2.33 bits per heavy atom. The molecule has 0 unspecified atom stereocenters. The number of rotatable bonds is 9. The first-order valence-corrected chi connectivity index (χ1v) is 8.80. The maximum atomic E-state index is 12.5. The Hall–Kier alpha value is -2.73. The molecule has 1 atom stereocenters. The lowest BCUT2D eigenvalue weighted by Crippen LogP contribution is -2.42. The molecule has 0 fully saturated rings. The van der Waals surface area contributed by atoms with E-state index in [4.69, 9.17) is 14.2 Å². The lowest BCUT2D eigenvalue weighted by molar-refractivity contribution is -0.125. The highest BCUT2D eigenvalue weighted by Crippen LogP contribution is 2.31. The second-order valence-corrected chi connectivity index (χ2v) is 6.31. The van der Waals surface area contributed by atoms with Crippen molar-refractivity contribution in [2.45, 2.75) is 26.1 Å². The van der Waals surface area contributed by atoms with Gasteiger partial charge < -0.3 is 19.5 Å². The van der Waals surface area contributed by atoms with Crippen LogP contribution in [0.5, 0.6) is 17.2 Å². The van der Waals surface area contributed by atoms with Gasteiger partial charge in [-0.05, 0) is 37.7 Å². The molecule has 0 bridgehead atoms. The lowest BCUT2D eigenvalue weighted by atomic mass is 10.1. The van der Waals surface area contributed by atoms with Gasteiger partial charge in [0.25, 0.3) is 0 Å². The van der Waals surface area contributed by atoms with Gasteiger partial charge in [-0.25, -0.2) is 0 Å². The molecule has 0 aliphatic carbocycles. The van der Waals surface area contributed by atoms with E-state index in [9.17, 15) is 4.79 Å². The van der Waals surface area contributed by atoms with E-state index < -0.39 is 0 Å². The predicted octanol–water partition coefficient (Wildman–Crippen LogP) is 2.85. The summed E-state index contributed by atoms with van der Waals surface area (Å²) in [5, 5.41) is 2.98. The molecule has 2 rings (SSSR count). The first-order chi connectivity index (χ1) is 13.0. The number of amides is 1. The maximum absolute atomic E-state index is 12.5. The van der Waals surface area contributed by atoms with Crippen molar-refractivity contribution < 1.29 is 19.0 Å². The van der Waals surface area contributed by atoms with Gasteiger partial charge in [0, 0.05) is 18.7 Å². The average Bonchev–Trinajstić information content (AvgIpc) is 2.71. The zero-order valence-corrected chi connectivity index (χ0v) is 16.6. The zero-order chi connectivity index (χ0) is 19.8. The standard InChI is InChI=1S/C21H28N2O4/c1-15(21(24)22-13-16-9-11-18(25-3)12-10-16)23(2)14-17-7-6-8-19(26-4)20(17)27-5/h6-12,15H,13-14H2,1-5H3,(H,22,24)/t15-/m1/s1. The highest BCUT2D eigenvalue weighted by Gasteiger charge is 2.20. The number of hydrogen-bond donors (Lipinski definition) is 1. The van der Waals surface area contributed by atoms with Crippen molar-refractivity contribution in [3.05, 3.63) is 53.6 Å². The minimum atomic E-state index is -0.292. The van der Waals surface area contributed by atoms with Crippen LogP contribution >= 0.6 is 0 Å². The van der Waals surface area contributed by atoms with E-state index in [-0.39, 0.29) is 11.9 Å². The van der Waals surface area contributed by atoms with Gasteiger partial charge in [-0.1, -0.05) is 24.3 Å². The van der Waals surface area contributed by atoms with E-state index in [0.717, 1.165) is 16.9 Å². The van der Waals surface area contributed by atoms with E-state index in [2.05, 4.69) is 5.32 Å². The number of ether oxygens (including phenoxy) is 3. The number of para-hydroxylation sites is 1. The highest BCUT2D eigenvalue weighted by molar-refractivity contribution is 5.81. The van der Waals surface area contributed by atoms with Crippen LogP contribution in [-0.4, -0.2) is 45.2 Å². The van der Waals surface area contributed by atoms with Gasteiger partial charge in [0.15, 0.2) is 11.5 Å². The van der Waals surface area contributed by atoms with Crippen LogP contribution in [0.25, 0.3) is 0 Å². The Morgan fingerprint density at radius 2 is 1.74 bits per heavy atom. The topological polar surface area (TPSA) is 60.0 Å². The minimum Gasteiger partial charge on any atom is -0.497 e. The van der Waals surface area contributed by atoms with Crippen molar-refractivity contribution in [1.29, 1.82) is 0 Å². The smallest absolute Gasteiger partial charge is 0.237 e. The van der Waals surface area contributed by atoms with Gasteiger partial charge in [0.1, 0.15) is 5.75 Å². The molecule has 1 N–H and O–H groups in total. The van der Waals surface area contributed by atoms with Crippen LogP contribution in [0.4, 0.5) is 0 Å². The third-order valence-electron chi connectivity index (χ3n) is 4.57. The van der Waals surface area contributed by atoms with Crippen molar-refractivity contribution >= 4 is 5.91 Å². The Bertz CT molecular complexity index is 746. The van der Waals surface area contributed by atoms with Crippen LogP contribution in [0.3, 0.4) is 0 Å². The molecule has 1 amide bonds. The second-order valence-electron chi connectivity index (χ2n) is 6.31. The fourth-order valence-electron chi connectivity index (χ4n) is 2.76. The van der Waals surface area contributed by atoms with Gasteiger partial charge >= 0.3 is 0 Å². The van der Waals surface area contributed by atoms with E-state index >= 15 is 0 Å². The summed E-state index contributed by atoms with van der Waals surface area (Å²) >= 11 is 0. The van der Waals surface area contributed by atoms with Crippen molar-refractivity contribution in [3.63, 3.8) is 0 Å². The van der Waals surface area contributed by atoms with Crippen LogP contribution in [-0.2, 0) is 17.9 Å². The molecule has 0 spiro atoms. The monoisotopic (exact) mass is 372 g/mol. The number of benzene rings is 2. The van der Waals surface area contributed by atoms with Gasteiger partial charge in [-0.3, -0.25) is 9.69 Å². The number of hydrogen-bond acceptors (Lipinski definition) is 5. The van der Waals surface area contributed by atoms with Crippen LogP contribution < -0.4 is 19.5 Å². The Kier molecular flexibility index (Phi) is 7.49. The van der Waals surface area contributed by atoms with E-state index in [1.807, 2.05) is 61.3 Å². The Morgan fingerprint density at radius 1 is 1.04 bits per heavy atom. The predicted molar refractivity (Wildman–Crippen MR) is 105 cm³/mol. The Labute approximate surface area is 161 Å².